The summed E-state index contributed by atoms with van der Waals surface area (Å²) < 4.78 is 0. The highest BCUT2D eigenvalue weighted by atomic mass is 35.5. The molecule has 0 spiro atoms. The summed E-state index contributed by atoms with van der Waals surface area (Å²) >= 11 is 5.84. The predicted molar refractivity (Wildman–Crippen MR) is 79.7 cm³/mol. The first-order chi connectivity index (χ1) is 9.97. The maximum absolute atomic E-state index is 12.5. The molecule has 1 heterocycles. The molecule has 2 rings (SSSR count). The van der Waals surface area contributed by atoms with Crippen LogP contribution in [-0.2, 0) is 4.79 Å². The van der Waals surface area contributed by atoms with E-state index in [0.717, 1.165) is 10.5 Å². The molecule has 1 aromatic heterocycles. The molecule has 1 aromatic carbocycles. The van der Waals surface area contributed by atoms with Crippen molar-refractivity contribution < 1.29 is 14.7 Å². The lowest BCUT2D eigenvalue weighted by molar-refractivity contribution is -0.135. The van der Waals surface area contributed by atoms with Crippen LogP contribution in [0.1, 0.15) is 16.1 Å². The molecule has 0 fully saturated rings. The van der Waals surface area contributed by atoms with Gasteiger partial charge in [0.2, 0.25) is 0 Å². The van der Waals surface area contributed by atoms with Crippen LogP contribution in [0.5, 0.6) is 0 Å². The second kappa shape index (κ2) is 6.37. The number of aromatic nitrogens is 1. The zero-order chi connectivity index (χ0) is 15.4. The van der Waals surface area contributed by atoms with Crippen LogP contribution in [0.4, 0.5) is 5.69 Å². The van der Waals surface area contributed by atoms with Crippen molar-refractivity contribution >= 4 is 29.2 Å². The largest absolute Gasteiger partial charge is 0.480 e. The maximum Gasteiger partial charge on any atom is 0.323 e. The summed E-state index contributed by atoms with van der Waals surface area (Å²) in [4.78, 5) is 28.6. The van der Waals surface area contributed by atoms with E-state index in [4.69, 9.17) is 16.7 Å². The lowest BCUT2D eigenvalue weighted by atomic mass is 10.2. The van der Waals surface area contributed by atoms with E-state index in [2.05, 4.69) is 4.98 Å². The van der Waals surface area contributed by atoms with Crippen LogP contribution < -0.4 is 4.90 Å². The second-order valence-electron chi connectivity index (χ2n) is 4.48. The highest BCUT2D eigenvalue weighted by Gasteiger charge is 2.21. The van der Waals surface area contributed by atoms with Gasteiger partial charge in [0, 0.05) is 16.9 Å². The van der Waals surface area contributed by atoms with Crippen molar-refractivity contribution in [3.05, 3.63) is 58.9 Å². The molecule has 0 aliphatic carbocycles. The van der Waals surface area contributed by atoms with E-state index >= 15 is 0 Å². The van der Waals surface area contributed by atoms with Gasteiger partial charge in [-0.25, -0.2) is 0 Å². The molecule has 1 amide bonds. The summed E-state index contributed by atoms with van der Waals surface area (Å²) in [5.74, 6) is -1.62. The van der Waals surface area contributed by atoms with Crippen LogP contribution in [0.25, 0.3) is 0 Å². The molecule has 2 aromatic rings. The molecule has 0 bridgehead atoms. The fourth-order valence-electron chi connectivity index (χ4n) is 1.80. The number of aliphatic carboxylic acids is 1. The molecular weight excluding hydrogens is 292 g/mol. The number of pyridine rings is 1. The Hall–Kier alpha value is -2.40. The third-order valence-electron chi connectivity index (χ3n) is 2.83. The predicted octanol–water partition coefficient (Wildman–Crippen LogP) is 2.77. The van der Waals surface area contributed by atoms with Crippen molar-refractivity contribution in [3.63, 3.8) is 0 Å². The zero-order valence-electron chi connectivity index (χ0n) is 11.3. The van der Waals surface area contributed by atoms with E-state index in [1.165, 1.54) is 12.3 Å². The number of carboxylic acids is 1. The number of anilines is 1. The Labute approximate surface area is 126 Å². The molecule has 21 heavy (non-hydrogen) atoms. The fourth-order valence-corrected chi connectivity index (χ4v) is 1.96. The molecule has 6 heteroatoms. The lowest BCUT2D eigenvalue weighted by Gasteiger charge is -2.20. The summed E-state index contributed by atoms with van der Waals surface area (Å²) in [5, 5.41) is 9.38. The number of nitrogens with zero attached hydrogens (tertiary/aromatic N) is 2. The molecule has 0 saturated carbocycles. The van der Waals surface area contributed by atoms with Crippen molar-refractivity contribution in [2.24, 2.45) is 0 Å². The van der Waals surface area contributed by atoms with Crippen molar-refractivity contribution in [1.82, 2.24) is 4.98 Å². The summed E-state index contributed by atoms with van der Waals surface area (Å²) in [6.07, 6.45) is 1.41. The van der Waals surface area contributed by atoms with Gasteiger partial charge in [-0.1, -0.05) is 29.3 Å². The van der Waals surface area contributed by atoms with E-state index in [-0.39, 0.29) is 5.69 Å². The van der Waals surface area contributed by atoms with E-state index in [9.17, 15) is 9.59 Å². The molecule has 5 nitrogen and oxygen atoms in total. The number of hydrogen-bond donors (Lipinski definition) is 1. The number of carbonyl (C=O) groups excluding carboxylic acids is 1. The second-order valence-corrected chi connectivity index (χ2v) is 4.92. The molecule has 0 radical (unpaired) electrons. The molecule has 0 atom stereocenters. The van der Waals surface area contributed by atoms with E-state index in [0.29, 0.717) is 10.7 Å². The molecule has 0 aliphatic rings. The van der Waals surface area contributed by atoms with E-state index in [1.807, 2.05) is 19.1 Å². The number of rotatable bonds is 4. The van der Waals surface area contributed by atoms with Crippen LogP contribution in [0.15, 0.2) is 42.6 Å². The number of aryl methyl sites for hydroxylation is 1. The van der Waals surface area contributed by atoms with Crippen LogP contribution in [-0.4, -0.2) is 28.5 Å². The van der Waals surface area contributed by atoms with Gasteiger partial charge in [0.25, 0.3) is 5.91 Å². The Morgan fingerprint density at radius 3 is 2.48 bits per heavy atom. The van der Waals surface area contributed by atoms with Gasteiger partial charge >= 0.3 is 5.97 Å². The first-order valence-electron chi connectivity index (χ1n) is 6.19. The molecule has 1 N–H and O–H groups in total. The van der Waals surface area contributed by atoms with Gasteiger partial charge in [-0.05, 0) is 31.2 Å². The minimum atomic E-state index is -1.11. The minimum Gasteiger partial charge on any atom is -0.480 e. The van der Waals surface area contributed by atoms with Crippen LogP contribution in [0.2, 0.25) is 5.02 Å². The first kappa shape index (κ1) is 15.0. The van der Waals surface area contributed by atoms with Crippen molar-refractivity contribution in [2.75, 3.05) is 11.4 Å². The van der Waals surface area contributed by atoms with Gasteiger partial charge in [0.1, 0.15) is 12.2 Å². The normalized spacial score (nSPS) is 10.2. The Balaban J connectivity index is 2.38. The van der Waals surface area contributed by atoms with Gasteiger partial charge in [-0.2, -0.15) is 0 Å². The Kier molecular flexibility index (Phi) is 4.55. The van der Waals surface area contributed by atoms with Crippen LogP contribution >= 0.6 is 11.6 Å². The number of carboxylic acid groups (broad SMARTS) is 1. The lowest BCUT2D eigenvalue weighted by Crippen LogP contribution is -2.36. The number of carbonyl (C=O) groups is 2. The average Bonchev–Trinajstić information content (AvgIpc) is 2.45. The molecule has 0 saturated heterocycles. The summed E-state index contributed by atoms with van der Waals surface area (Å²) in [5.41, 5.74) is 1.61. The van der Waals surface area contributed by atoms with Gasteiger partial charge in [-0.3, -0.25) is 19.5 Å². The quantitative estimate of drug-likeness (QED) is 0.943. The van der Waals surface area contributed by atoms with E-state index in [1.54, 1.807) is 18.2 Å². The van der Waals surface area contributed by atoms with Crippen molar-refractivity contribution in [2.45, 2.75) is 6.92 Å². The molecule has 108 valence electrons. The maximum atomic E-state index is 12.5. The first-order valence-corrected chi connectivity index (χ1v) is 6.57. The van der Waals surface area contributed by atoms with Crippen molar-refractivity contribution in [1.29, 1.82) is 0 Å². The summed E-state index contributed by atoms with van der Waals surface area (Å²) in [6, 6.07) is 9.96. The third kappa shape index (κ3) is 3.79. The van der Waals surface area contributed by atoms with Crippen LogP contribution in [0, 0.1) is 6.92 Å². The number of benzene rings is 1. The smallest absolute Gasteiger partial charge is 0.323 e. The van der Waals surface area contributed by atoms with Crippen LogP contribution in [0.3, 0.4) is 0 Å². The van der Waals surface area contributed by atoms with Gasteiger partial charge in [0.15, 0.2) is 0 Å². The minimum absolute atomic E-state index is 0.101. The van der Waals surface area contributed by atoms with Gasteiger partial charge in [-0.15, -0.1) is 0 Å². The highest BCUT2D eigenvalue weighted by Crippen LogP contribution is 2.18. The SMILES string of the molecule is Cc1ccc(N(CC(=O)O)C(=O)c2cc(Cl)ccn2)cc1. The van der Waals surface area contributed by atoms with Crippen molar-refractivity contribution in [3.8, 4) is 0 Å². The molecular formula is C15H13ClN2O3. The highest BCUT2D eigenvalue weighted by molar-refractivity contribution is 6.31. The fraction of sp³-hybridized carbons (Fsp3) is 0.133. The zero-order valence-corrected chi connectivity index (χ0v) is 12.0. The summed E-state index contributed by atoms with van der Waals surface area (Å²) in [7, 11) is 0. The molecule has 0 unspecified atom stereocenters. The van der Waals surface area contributed by atoms with Gasteiger partial charge in [0.05, 0.1) is 0 Å². The Bertz CT molecular complexity index is 671. The number of hydrogen-bond acceptors (Lipinski definition) is 3. The third-order valence-corrected chi connectivity index (χ3v) is 3.06. The van der Waals surface area contributed by atoms with E-state index < -0.39 is 18.4 Å². The standard InChI is InChI=1S/C15H13ClN2O3/c1-10-2-4-12(5-3-10)18(9-14(19)20)15(21)13-8-11(16)6-7-17-13/h2-8H,9H2,1H3,(H,19,20). The number of halogens is 1. The molecule has 0 aliphatic heterocycles. The number of amides is 1. The average molecular weight is 305 g/mol. The Morgan fingerprint density at radius 2 is 1.90 bits per heavy atom. The monoisotopic (exact) mass is 304 g/mol. The Morgan fingerprint density at radius 1 is 1.24 bits per heavy atom. The summed E-state index contributed by atoms with van der Waals surface area (Å²) in [6.45, 7) is 1.46. The topological polar surface area (TPSA) is 70.5 Å². The van der Waals surface area contributed by atoms with Gasteiger partial charge < -0.3 is 5.11 Å².